The van der Waals surface area contributed by atoms with Crippen LogP contribution >= 0.6 is 0 Å². The molecule has 1 fully saturated rings. The van der Waals surface area contributed by atoms with E-state index in [-0.39, 0.29) is 0 Å². The maximum Gasteiger partial charge on any atom is 0.0334 e. The van der Waals surface area contributed by atoms with Gasteiger partial charge in [0.25, 0.3) is 0 Å². The Bertz CT molecular complexity index is 209. The summed E-state index contributed by atoms with van der Waals surface area (Å²) in [4.78, 5) is 2.65. The van der Waals surface area contributed by atoms with Crippen LogP contribution in [0, 0.1) is 5.92 Å². The van der Waals surface area contributed by atoms with E-state index < -0.39 is 0 Å². The largest absolute Gasteiger partial charge is 0.312 e. The summed E-state index contributed by atoms with van der Waals surface area (Å²) in [6, 6.07) is 0.672. The molecule has 2 nitrogen and oxygen atoms in total. The summed E-state index contributed by atoms with van der Waals surface area (Å²) >= 11 is 0. The molecule has 0 spiro atoms. The normalized spacial score (nSPS) is 22.2. The minimum absolute atomic E-state index is 0.324. The van der Waals surface area contributed by atoms with Gasteiger partial charge in [-0.1, -0.05) is 34.1 Å². The topological polar surface area (TPSA) is 15.3 Å². The molecule has 0 aliphatic heterocycles. The van der Waals surface area contributed by atoms with Crippen LogP contribution in [0.1, 0.15) is 60.3 Å². The van der Waals surface area contributed by atoms with Gasteiger partial charge in [0.2, 0.25) is 0 Å². The Hall–Kier alpha value is -0.0800. The maximum absolute atomic E-state index is 3.78. The third-order valence-electron chi connectivity index (χ3n) is 4.92. The van der Waals surface area contributed by atoms with E-state index in [1.807, 2.05) is 0 Å². The van der Waals surface area contributed by atoms with Crippen LogP contribution in [0.2, 0.25) is 0 Å². The van der Waals surface area contributed by atoms with Gasteiger partial charge in [-0.3, -0.25) is 4.90 Å². The molecule has 0 amide bonds. The van der Waals surface area contributed by atoms with Crippen LogP contribution in [0.5, 0.6) is 0 Å². The SMILES string of the molecule is CCNC(C1CCC1)C(C)(CC)N(CC)CC. The molecule has 0 bridgehead atoms. The molecule has 1 aliphatic carbocycles. The van der Waals surface area contributed by atoms with E-state index in [0.29, 0.717) is 11.6 Å². The molecule has 0 heterocycles. The van der Waals surface area contributed by atoms with Crippen molar-refractivity contribution in [2.75, 3.05) is 19.6 Å². The van der Waals surface area contributed by atoms with E-state index in [9.17, 15) is 0 Å². The lowest BCUT2D eigenvalue weighted by Gasteiger charge is -2.51. The second kappa shape index (κ2) is 6.75. The first-order chi connectivity index (χ1) is 8.13. The van der Waals surface area contributed by atoms with Crippen molar-refractivity contribution >= 4 is 0 Å². The third kappa shape index (κ3) is 3.03. The Labute approximate surface area is 108 Å². The third-order valence-corrected chi connectivity index (χ3v) is 4.92. The highest BCUT2D eigenvalue weighted by atomic mass is 15.2. The smallest absolute Gasteiger partial charge is 0.0334 e. The van der Waals surface area contributed by atoms with Crippen molar-refractivity contribution in [2.45, 2.75) is 71.9 Å². The van der Waals surface area contributed by atoms with Gasteiger partial charge in [0.1, 0.15) is 0 Å². The van der Waals surface area contributed by atoms with E-state index in [1.54, 1.807) is 0 Å². The molecule has 0 saturated heterocycles. The Balaban J connectivity index is 2.84. The first-order valence-corrected chi connectivity index (χ1v) is 7.62. The molecule has 102 valence electrons. The van der Waals surface area contributed by atoms with Crippen LogP contribution in [0.4, 0.5) is 0 Å². The summed E-state index contributed by atoms with van der Waals surface area (Å²) in [6.07, 6.45) is 5.52. The first-order valence-electron chi connectivity index (χ1n) is 7.62. The van der Waals surface area contributed by atoms with Crippen molar-refractivity contribution in [2.24, 2.45) is 5.92 Å². The van der Waals surface area contributed by atoms with E-state index in [4.69, 9.17) is 0 Å². The van der Waals surface area contributed by atoms with Crippen LogP contribution in [-0.4, -0.2) is 36.1 Å². The average molecular weight is 240 g/mol. The predicted octanol–water partition coefficient (Wildman–Crippen LogP) is 3.28. The molecule has 1 rings (SSSR count). The standard InChI is InChI=1S/C15H32N2/c1-6-15(5,17(8-3)9-4)14(16-7-2)13-11-10-12-13/h13-14,16H,6-12H2,1-5H3. The number of hydrogen-bond acceptors (Lipinski definition) is 2. The van der Waals surface area contributed by atoms with Crippen LogP contribution in [0.25, 0.3) is 0 Å². The maximum atomic E-state index is 3.78. The molecule has 0 aromatic rings. The number of rotatable bonds is 8. The molecule has 0 aromatic carbocycles. The van der Waals surface area contributed by atoms with E-state index in [1.165, 1.54) is 25.7 Å². The lowest BCUT2D eigenvalue weighted by atomic mass is 9.70. The van der Waals surface area contributed by atoms with Crippen LogP contribution < -0.4 is 5.32 Å². The lowest BCUT2D eigenvalue weighted by Crippen LogP contribution is -2.62. The Morgan fingerprint density at radius 1 is 1.18 bits per heavy atom. The lowest BCUT2D eigenvalue weighted by molar-refractivity contribution is 0.0267. The summed E-state index contributed by atoms with van der Waals surface area (Å²) < 4.78 is 0. The van der Waals surface area contributed by atoms with Crippen LogP contribution in [-0.2, 0) is 0 Å². The van der Waals surface area contributed by atoms with E-state index in [2.05, 4.69) is 44.8 Å². The molecular weight excluding hydrogens is 208 g/mol. The van der Waals surface area contributed by atoms with Crippen LogP contribution in [0.3, 0.4) is 0 Å². The number of likely N-dealkylation sites (N-methyl/N-ethyl adjacent to an activating group) is 2. The van der Waals surface area contributed by atoms with Crippen molar-refractivity contribution in [3.05, 3.63) is 0 Å². The zero-order valence-corrected chi connectivity index (χ0v) is 12.6. The molecule has 1 N–H and O–H groups in total. The fraction of sp³-hybridized carbons (Fsp3) is 1.00. The molecule has 0 aromatic heterocycles. The zero-order chi connectivity index (χ0) is 12.9. The highest BCUT2D eigenvalue weighted by Gasteiger charge is 2.42. The van der Waals surface area contributed by atoms with Gasteiger partial charge in [-0.25, -0.2) is 0 Å². The average Bonchev–Trinajstić information content (AvgIpc) is 2.27. The van der Waals surface area contributed by atoms with Gasteiger partial charge in [-0.05, 0) is 51.7 Å². The number of nitrogens with one attached hydrogen (secondary N) is 1. The summed E-state index contributed by atoms with van der Waals surface area (Å²) in [5.41, 5.74) is 0.324. The number of hydrogen-bond donors (Lipinski definition) is 1. The number of nitrogens with zero attached hydrogens (tertiary/aromatic N) is 1. The van der Waals surface area contributed by atoms with Gasteiger partial charge < -0.3 is 5.32 Å². The Morgan fingerprint density at radius 2 is 1.76 bits per heavy atom. The predicted molar refractivity (Wildman–Crippen MR) is 76.4 cm³/mol. The minimum Gasteiger partial charge on any atom is -0.312 e. The van der Waals surface area contributed by atoms with Crippen LogP contribution in [0.15, 0.2) is 0 Å². The second-order valence-electron chi connectivity index (χ2n) is 5.61. The Kier molecular flexibility index (Phi) is 5.94. The molecule has 17 heavy (non-hydrogen) atoms. The molecule has 2 unspecified atom stereocenters. The van der Waals surface area contributed by atoms with Crippen molar-refractivity contribution in [1.29, 1.82) is 0 Å². The Morgan fingerprint density at radius 3 is 2.06 bits per heavy atom. The van der Waals surface area contributed by atoms with Gasteiger partial charge >= 0.3 is 0 Å². The van der Waals surface area contributed by atoms with Gasteiger partial charge in [-0.2, -0.15) is 0 Å². The van der Waals surface area contributed by atoms with Crippen molar-refractivity contribution < 1.29 is 0 Å². The van der Waals surface area contributed by atoms with E-state index in [0.717, 1.165) is 25.6 Å². The summed E-state index contributed by atoms with van der Waals surface area (Å²) in [7, 11) is 0. The van der Waals surface area contributed by atoms with Gasteiger partial charge in [0, 0.05) is 11.6 Å². The minimum atomic E-state index is 0.324. The molecule has 2 atom stereocenters. The van der Waals surface area contributed by atoms with Crippen molar-refractivity contribution in [3.63, 3.8) is 0 Å². The molecular formula is C15H32N2. The summed E-state index contributed by atoms with van der Waals surface area (Å²) in [5, 5.41) is 3.78. The van der Waals surface area contributed by atoms with Crippen molar-refractivity contribution in [1.82, 2.24) is 10.2 Å². The van der Waals surface area contributed by atoms with Crippen molar-refractivity contribution in [3.8, 4) is 0 Å². The molecule has 1 saturated carbocycles. The second-order valence-corrected chi connectivity index (χ2v) is 5.61. The van der Waals surface area contributed by atoms with E-state index >= 15 is 0 Å². The first kappa shape index (κ1) is 15.0. The quantitative estimate of drug-likeness (QED) is 0.700. The monoisotopic (exact) mass is 240 g/mol. The highest BCUT2D eigenvalue weighted by molar-refractivity contribution is 5.01. The van der Waals surface area contributed by atoms with Gasteiger partial charge in [0.15, 0.2) is 0 Å². The molecule has 0 radical (unpaired) electrons. The highest BCUT2D eigenvalue weighted by Crippen LogP contribution is 2.38. The van der Waals surface area contributed by atoms with Gasteiger partial charge in [-0.15, -0.1) is 0 Å². The molecule has 2 heteroatoms. The summed E-state index contributed by atoms with van der Waals surface area (Å²) in [5.74, 6) is 0.903. The fourth-order valence-corrected chi connectivity index (χ4v) is 3.47. The zero-order valence-electron chi connectivity index (χ0n) is 12.6. The fourth-order valence-electron chi connectivity index (χ4n) is 3.47. The molecule has 1 aliphatic rings. The van der Waals surface area contributed by atoms with Gasteiger partial charge in [0.05, 0.1) is 0 Å². The summed E-state index contributed by atoms with van der Waals surface area (Å²) in [6.45, 7) is 15.1.